The first-order valence-electron chi connectivity index (χ1n) is 3.46. The van der Waals surface area contributed by atoms with Gasteiger partial charge in [-0.25, -0.2) is 0 Å². The molecule has 9 heavy (non-hydrogen) atoms. The van der Waals surface area contributed by atoms with E-state index in [9.17, 15) is 0 Å². The topological polar surface area (TPSA) is 0 Å². The summed E-state index contributed by atoms with van der Waals surface area (Å²) in [5.74, 6) is 3.64. The zero-order chi connectivity index (χ0) is 6.95. The molecule has 0 atom stereocenters. The molecule has 0 saturated carbocycles. The van der Waals surface area contributed by atoms with Crippen LogP contribution in [0.5, 0.6) is 0 Å². The Morgan fingerprint density at radius 1 is 1.11 bits per heavy atom. The molecule has 0 saturated heterocycles. The summed E-state index contributed by atoms with van der Waals surface area (Å²) >= 11 is 4.11. The summed E-state index contributed by atoms with van der Waals surface area (Å²) in [6, 6.07) is 0. The van der Waals surface area contributed by atoms with Gasteiger partial charge in [-0.05, 0) is 18.6 Å². The molecule has 0 fully saturated rings. The van der Waals surface area contributed by atoms with Crippen LogP contribution in [0.25, 0.3) is 0 Å². The van der Waals surface area contributed by atoms with Gasteiger partial charge in [-0.2, -0.15) is 12.6 Å². The van der Waals surface area contributed by atoms with Gasteiger partial charge in [0.25, 0.3) is 0 Å². The fourth-order valence-electron chi connectivity index (χ4n) is 0.692. The predicted molar refractivity (Wildman–Crippen MR) is 45.8 cm³/mol. The van der Waals surface area contributed by atoms with Gasteiger partial charge in [0.15, 0.2) is 0 Å². The maximum Gasteiger partial charge on any atom is 0.00860 e. The molecule has 0 aliphatic carbocycles. The molecule has 0 radical (unpaired) electrons. The molecule has 0 nitrogen and oxygen atoms in total. The van der Waals surface area contributed by atoms with E-state index < -0.39 is 0 Å². The van der Waals surface area contributed by atoms with Gasteiger partial charge < -0.3 is 0 Å². The van der Waals surface area contributed by atoms with Crippen molar-refractivity contribution >= 4 is 12.6 Å². The molecule has 0 N–H and O–H groups in total. The van der Waals surface area contributed by atoms with Crippen molar-refractivity contribution in [2.24, 2.45) is 0 Å². The van der Waals surface area contributed by atoms with Crippen molar-refractivity contribution in [2.75, 3.05) is 5.75 Å². The Balaban J connectivity index is 2.69. The van der Waals surface area contributed by atoms with Crippen LogP contribution >= 0.6 is 12.6 Å². The van der Waals surface area contributed by atoms with E-state index in [1.54, 1.807) is 0 Å². The van der Waals surface area contributed by atoms with Crippen molar-refractivity contribution in [1.29, 1.82) is 0 Å². The summed E-state index contributed by atoms with van der Waals surface area (Å²) in [4.78, 5) is 0. The first kappa shape index (κ1) is 8.91. The van der Waals surface area contributed by atoms with Crippen LogP contribution in [-0.2, 0) is 0 Å². The van der Waals surface area contributed by atoms with E-state index >= 15 is 0 Å². The highest BCUT2D eigenvalue weighted by Gasteiger charge is 1.85. The van der Waals surface area contributed by atoms with E-state index in [-0.39, 0.29) is 0 Å². The molecule has 0 aromatic heterocycles. The van der Waals surface area contributed by atoms with Crippen LogP contribution in [0.15, 0.2) is 0 Å². The van der Waals surface area contributed by atoms with Crippen LogP contribution in [0.3, 0.4) is 0 Å². The SMILES string of the molecule is C#CCCCCCCS. The zero-order valence-electron chi connectivity index (χ0n) is 5.77. The fraction of sp³-hybridized carbons (Fsp3) is 0.750. The third-order valence-corrected chi connectivity index (χ3v) is 1.55. The first-order valence-corrected chi connectivity index (χ1v) is 4.09. The van der Waals surface area contributed by atoms with Crippen molar-refractivity contribution in [2.45, 2.75) is 32.1 Å². The summed E-state index contributed by atoms with van der Waals surface area (Å²) in [6.45, 7) is 0. The normalized spacial score (nSPS) is 8.89. The van der Waals surface area contributed by atoms with E-state index in [2.05, 4.69) is 18.5 Å². The quantitative estimate of drug-likeness (QED) is 0.340. The number of unbranched alkanes of at least 4 members (excludes halogenated alkanes) is 4. The van der Waals surface area contributed by atoms with Crippen LogP contribution in [0.2, 0.25) is 0 Å². The molecule has 0 unspecified atom stereocenters. The predicted octanol–water partition coefficient (Wildman–Crippen LogP) is 2.50. The monoisotopic (exact) mass is 142 g/mol. The second-order valence-corrected chi connectivity index (χ2v) is 2.54. The molecule has 52 valence electrons. The molecule has 0 heterocycles. The van der Waals surface area contributed by atoms with E-state index in [0.717, 1.165) is 12.2 Å². The maximum atomic E-state index is 5.08. The highest BCUT2D eigenvalue weighted by atomic mass is 32.1. The molecule has 0 bridgehead atoms. The summed E-state index contributed by atoms with van der Waals surface area (Å²) in [6.07, 6.45) is 11.0. The Morgan fingerprint density at radius 3 is 2.33 bits per heavy atom. The van der Waals surface area contributed by atoms with Gasteiger partial charge in [-0.3, -0.25) is 0 Å². The van der Waals surface area contributed by atoms with Crippen LogP contribution < -0.4 is 0 Å². The summed E-state index contributed by atoms with van der Waals surface area (Å²) < 4.78 is 0. The van der Waals surface area contributed by atoms with Crippen molar-refractivity contribution in [3.63, 3.8) is 0 Å². The minimum absolute atomic E-state index is 0.937. The second-order valence-electron chi connectivity index (χ2n) is 2.09. The number of terminal acetylenes is 1. The lowest BCUT2D eigenvalue weighted by Gasteiger charge is -1.93. The molecular weight excluding hydrogens is 128 g/mol. The van der Waals surface area contributed by atoms with Gasteiger partial charge in [-0.1, -0.05) is 12.8 Å². The van der Waals surface area contributed by atoms with E-state index in [1.807, 2.05) is 0 Å². The Labute approximate surface area is 63.4 Å². The fourth-order valence-corrected chi connectivity index (χ4v) is 0.916. The van der Waals surface area contributed by atoms with Crippen molar-refractivity contribution < 1.29 is 0 Å². The van der Waals surface area contributed by atoms with Crippen LogP contribution in [0, 0.1) is 12.3 Å². The molecule has 0 aliphatic heterocycles. The van der Waals surface area contributed by atoms with Crippen LogP contribution in [0.4, 0.5) is 0 Å². The molecule has 0 aliphatic rings. The average Bonchev–Trinajstić information content (AvgIpc) is 1.89. The second kappa shape index (κ2) is 7.91. The van der Waals surface area contributed by atoms with Gasteiger partial charge in [0.1, 0.15) is 0 Å². The largest absolute Gasteiger partial charge is 0.179 e. The maximum absolute atomic E-state index is 5.08. The van der Waals surface area contributed by atoms with Gasteiger partial charge >= 0.3 is 0 Å². The minimum atomic E-state index is 0.937. The van der Waals surface area contributed by atoms with Crippen molar-refractivity contribution in [3.05, 3.63) is 0 Å². The number of rotatable bonds is 5. The van der Waals surface area contributed by atoms with Crippen molar-refractivity contribution in [1.82, 2.24) is 0 Å². The molecule has 0 amide bonds. The standard InChI is InChI=1S/C8H14S/c1-2-3-4-5-6-7-8-9/h1,9H,3-8H2. The molecule has 0 aromatic carbocycles. The van der Waals surface area contributed by atoms with E-state index in [0.29, 0.717) is 0 Å². The zero-order valence-corrected chi connectivity index (χ0v) is 6.66. The van der Waals surface area contributed by atoms with E-state index in [1.165, 1.54) is 25.7 Å². The Kier molecular flexibility index (Phi) is 7.83. The molecule has 1 heteroatoms. The summed E-state index contributed by atoms with van der Waals surface area (Å²) in [5, 5.41) is 0. The summed E-state index contributed by atoms with van der Waals surface area (Å²) in [7, 11) is 0. The number of hydrogen-bond acceptors (Lipinski definition) is 1. The summed E-state index contributed by atoms with van der Waals surface area (Å²) in [5.41, 5.74) is 0. The Bertz CT molecular complexity index is 81.1. The lowest BCUT2D eigenvalue weighted by atomic mass is 10.2. The highest BCUT2D eigenvalue weighted by Crippen LogP contribution is 2.02. The van der Waals surface area contributed by atoms with Gasteiger partial charge in [0, 0.05) is 6.42 Å². The van der Waals surface area contributed by atoms with Crippen LogP contribution in [-0.4, -0.2) is 5.75 Å². The highest BCUT2D eigenvalue weighted by molar-refractivity contribution is 7.80. The molecule has 0 aromatic rings. The van der Waals surface area contributed by atoms with Crippen LogP contribution in [0.1, 0.15) is 32.1 Å². The first-order chi connectivity index (χ1) is 4.41. The third kappa shape index (κ3) is 7.91. The lowest BCUT2D eigenvalue weighted by Crippen LogP contribution is -1.77. The minimum Gasteiger partial charge on any atom is -0.179 e. The Hall–Kier alpha value is -0.0900. The van der Waals surface area contributed by atoms with E-state index in [4.69, 9.17) is 6.42 Å². The average molecular weight is 142 g/mol. The smallest absolute Gasteiger partial charge is 0.00860 e. The molecule has 0 spiro atoms. The number of hydrogen-bond donors (Lipinski definition) is 1. The molecule has 0 rings (SSSR count). The Morgan fingerprint density at radius 2 is 1.78 bits per heavy atom. The third-order valence-electron chi connectivity index (χ3n) is 1.23. The van der Waals surface area contributed by atoms with Gasteiger partial charge in [0.2, 0.25) is 0 Å². The number of thiol groups is 1. The van der Waals surface area contributed by atoms with Gasteiger partial charge in [0.05, 0.1) is 0 Å². The lowest BCUT2D eigenvalue weighted by molar-refractivity contribution is 0.684. The van der Waals surface area contributed by atoms with Crippen molar-refractivity contribution in [3.8, 4) is 12.3 Å². The molecular formula is C8H14S. The van der Waals surface area contributed by atoms with Gasteiger partial charge in [-0.15, -0.1) is 12.3 Å².